The van der Waals surface area contributed by atoms with Gasteiger partial charge in [-0.3, -0.25) is 24.8 Å². The molecule has 0 radical (unpaired) electrons. The lowest BCUT2D eigenvalue weighted by Gasteiger charge is -2.26. The van der Waals surface area contributed by atoms with Crippen LogP contribution in [0.1, 0.15) is 71.5 Å². The number of carbonyl (C=O) groups excluding carboxylic acids is 2. The van der Waals surface area contributed by atoms with Crippen LogP contribution in [-0.4, -0.2) is 68.5 Å². The van der Waals surface area contributed by atoms with E-state index in [4.69, 9.17) is 4.98 Å². The SMILES string of the molecule is C/C=C/C(=O)N1CCCC[C@@H](n2c(NC(=O)c3cc(C)nc(C)c3)nc3cc(CN4CC[C@H](F)C4)cc(C)c32)C1. The van der Waals surface area contributed by atoms with E-state index < -0.39 is 6.17 Å². The van der Waals surface area contributed by atoms with Gasteiger partial charge in [-0.25, -0.2) is 9.37 Å². The number of pyridine rings is 1. The van der Waals surface area contributed by atoms with Crippen molar-refractivity contribution in [2.24, 2.45) is 0 Å². The predicted molar refractivity (Wildman–Crippen MR) is 155 cm³/mol. The molecule has 2 aliphatic heterocycles. The van der Waals surface area contributed by atoms with Gasteiger partial charge < -0.3 is 9.47 Å². The molecule has 2 amide bonds. The third kappa shape index (κ3) is 6.09. The number of anilines is 1. The van der Waals surface area contributed by atoms with Crippen molar-refractivity contribution in [1.29, 1.82) is 0 Å². The lowest BCUT2D eigenvalue weighted by molar-refractivity contribution is -0.126. The van der Waals surface area contributed by atoms with Gasteiger partial charge in [-0.05, 0) is 88.8 Å². The highest BCUT2D eigenvalue weighted by molar-refractivity contribution is 6.04. The maximum Gasteiger partial charge on any atom is 0.258 e. The molecule has 0 spiro atoms. The van der Waals surface area contributed by atoms with Crippen LogP contribution < -0.4 is 5.32 Å². The van der Waals surface area contributed by atoms with Crippen LogP contribution in [0.3, 0.4) is 0 Å². The van der Waals surface area contributed by atoms with Gasteiger partial charge in [-0.15, -0.1) is 0 Å². The number of benzene rings is 1. The zero-order valence-corrected chi connectivity index (χ0v) is 23.9. The van der Waals surface area contributed by atoms with E-state index in [-0.39, 0.29) is 17.9 Å². The molecule has 2 atom stereocenters. The van der Waals surface area contributed by atoms with Gasteiger partial charge in [-0.1, -0.05) is 12.1 Å². The molecule has 5 rings (SSSR count). The zero-order chi connectivity index (χ0) is 28.4. The average Bonchev–Trinajstić information content (AvgIpc) is 3.36. The second kappa shape index (κ2) is 11.9. The molecule has 0 unspecified atom stereocenters. The van der Waals surface area contributed by atoms with Gasteiger partial charge in [0.2, 0.25) is 11.9 Å². The molecule has 8 nitrogen and oxygen atoms in total. The Kier molecular flexibility index (Phi) is 8.30. The summed E-state index contributed by atoms with van der Waals surface area (Å²) in [4.78, 5) is 39.7. The van der Waals surface area contributed by atoms with Crippen LogP contribution in [0.25, 0.3) is 11.0 Å². The van der Waals surface area contributed by atoms with Gasteiger partial charge in [0, 0.05) is 49.7 Å². The van der Waals surface area contributed by atoms with Gasteiger partial charge in [-0.2, -0.15) is 0 Å². The first-order valence-corrected chi connectivity index (χ1v) is 14.3. The molecule has 40 heavy (non-hydrogen) atoms. The molecule has 2 fully saturated rings. The number of halogens is 1. The molecule has 4 heterocycles. The number of aromatic nitrogens is 3. The monoisotopic (exact) mass is 546 g/mol. The molecule has 0 saturated carbocycles. The van der Waals surface area contributed by atoms with Crippen molar-refractivity contribution in [3.8, 4) is 0 Å². The van der Waals surface area contributed by atoms with E-state index in [1.54, 1.807) is 24.3 Å². The minimum atomic E-state index is -0.769. The molecule has 0 aliphatic carbocycles. The predicted octanol–water partition coefficient (Wildman–Crippen LogP) is 5.28. The zero-order valence-electron chi connectivity index (χ0n) is 23.9. The third-order valence-corrected chi connectivity index (χ3v) is 7.86. The highest BCUT2D eigenvalue weighted by atomic mass is 19.1. The Morgan fingerprint density at radius 1 is 1.02 bits per heavy atom. The highest BCUT2D eigenvalue weighted by Crippen LogP contribution is 2.33. The largest absolute Gasteiger partial charge is 0.337 e. The number of amides is 2. The van der Waals surface area contributed by atoms with Gasteiger partial charge >= 0.3 is 0 Å². The van der Waals surface area contributed by atoms with E-state index in [1.165, 1.54) is 0 Å². The molecule has 2 aromatic heterocycles. The van der Waals surface area contributed by atoms with Crippen LogP contribution in [0.2, 0.25) is 0 Å². The molecule has 2 saturated heterocycles. The molecular weight excluding hydrogens is 507 g/mol. The van der Waals surface area contributed by atoms with Gasteiger partial charge in [0.25, 0.3) is 5.91 Å². The quantitative estimate of drug-likeness (QED) is 0.425. The van der Waals surface area contributed by atoms with Crippen molar-refractivity contribution in [2.45, 2.75) is 72.1 Å². The molecular formula is C31H39FN6O2. The highest BCUT2D eigenvalue weighted by Gasteiger charge is 2.28. The second-order valence-corrected chi connectivity index (χ2v) is 11.2. The minimum absolute atomic E-state index is 0.00271. The summed E-state index contributed by atoms with van der Waals surface area (Å²) in [5.74, 6) is 0.232. The van der Waals surface area contributed by atoms with E-state index in [2.05, 4.69) is 38.8 Å². The summed E-state index contributed by atoms with van der Waals surface area (Å²) >= 11 is 0. The van der Waals surface area contributed by atoms with Crippen molar-refractivity contribution in [2.75, 3.05) is 31.5 Å². The number of fused-ring (bicyclic) bond motifs is 1. The number of carbonyl (C=O) groups is 2. The average molecular weight is 547 g/mol. The Morgan fingerprint density at radius 2 is 1.80 bits per heavy atom. The van der Waals surface area contributed by atoms with Crippen molar-refractivity contribution in [1.82, 2.24) is 24.3 Å². The number of nitrogens with zero attached hydrogens (tertiary/aromatic N) is 5. The summed E-state index contributed by atoms with van der Waals surface area (Å²) < 4.78 is 15.9. The number of aryl methyl sites for hydroxylation is 3. The maximum atomic E-state index is 13.8. The number of imidazole rings is 1. The van der Waals surface area contributed by atoms with Crippen molar-refractivity contribution < 1.29 is 14.0 Å². The second-order valence-electron chi connectivity index (χ2n) is 11.2. The summed E-state index contributed by atoms with van der Waals surface area (Å²) in [5.41, 5.74) is 5.95. The Hall–Kier alpha value is -3.59. The van der Waals surface area contributed by atoms with Crippen LogP contribution in [0, 0.1) is 20.8 Å². The number of hydrogen-bond acceptors (Lipinski definition) is 5. The van der Waals surface area contributed by atoms with E-state index in [9.17, 15) is 14.0 Å². The number of rotatable bonds is 6. The van der Waals surface area contributed by atoms with E-state index in [0.717, 1.165) is 59.4 Å². The van der Waals surface area contributed by atoms with E-state index in [0.29, 0.717) is 44.1 Å². The van der Waals surface area contributed by atoms with E-state index >= 15 is 0 Å². The normalized spacial score (nSPS) is 20.4. The molecule has 3 aromatic rings. The number of likely N-dealkylation sites (tertiary alicyclic amines) is 2. The summed E-state index contributed by atoms with van der Waals surface area (Å²) in [6.45, 7) is 10.8. The van der Waals surface area contributed by atoms with Crippen molar-refractivity contribution >= 4 is 28.8 Å². The van der Waals surface area contributed by atoms with Crippen LogP contribution >= 0.6 is 0 Å². The fraction of sp³-hybridized carbons (Fsp3) is 0.484. The van der Waals surface area contributed by atoms with Gasteiger partial charge in [0.05, 0.1) is 17.1 Å². The lowest BCUT2D eigenvalue weighted by Crippen LogP contribution is -2.34. The minimum Gasteiger partial charge on any atom is -0.337 e. The topological polar surface area (TPSA) is 83.4 Å². The molecule has 212 valence electrons. The molecule has 9 heteroatoms. The smallest absolute Gasteiger partial charge is 0.258 e. The van der Waals surface area contributed by atoms with Crippen LogP contribution in [-0.2, 0) is 11.3 Å². The molecule has 1 aromatic carbocycles. The third-order valence-electron chi connectivity index (χ3n) is 7.86. The lowest BCUT2D eigenvalue weighted by atomic mass is 10.1. The standard InChI is InChI=1S/C31H39FN6O2/c1-5-8-28(39)37-11-7-6-9-26(19-37)38-29-20(2)13-23(17-36-12-10-25(32)18-36)16-27(29)34-31(38)35-30(40)24-14-21(3)33-22(4)15-24/h5,8,13-16,25-26H,6-7,9-12,17-19H2,1-4H3,(H,34,35,40)/b8-5+/t25-,26+/m0/s1. The first kappa shape index (κ1) is 28.0. The summed E-state index contributed by atoms with van der Waals surface area (Å²) in [5, 5.41) is 3.09. The molecule has 1 N–H and O–H groups in total. The fourth-order valence-electron chi connectivity index (χ4n) is 6.15. The summed E-state index contributed by atoms with van der Waals surface area (Å²) in [6, 6.07) is 7.70. The van der Waals surface area contributed by atoms with Gasteiger partial charge in [0.1, 0.15) is 6.17 Å². The Balaban J connectivity index is 1.55. The fourth-order valence-corrected chi connectivity index (χ4v) is 6.15. The van der Waals surface area contributed by atoms with Crippen LogP contribution in [0.15, 0.2) is 36.4 Å². The number of alkyl halides is 1. The molecule has 0 bridgehead atoms. The maximum absolute atomic E-state index is 13.8. The Bertz CT molecular complexity index is 1430. The molecule has 2 aliphatic rings. The summed E-state index contributed by atoms with van der Waals surface area (Å²) in [7, 11) is 0. The first-order chi connectivity index (χ1) is 19.2. The van der Waals surface area contributed by atoms with Crippen LogP contribution in [0.4, 0.5) is 10.3 Å². The number of nitrogens with one attached hydrogen (secondary N) is 1. The summed E-state index contributed by atoms with van der Waals surface area (Å²) in [6.07, 6.45) is 5.96. The van der Waals surface area contributed by atoms with Gasteiger partial charge in [0.15, 0.2) is 0 Å². The Labute approximate surface area is 235 Å². The first-order valence-electron chi connectivity index (χ1n) is 14.3. The number of allylic oxidation sites excluding steroid dienone is 1. The van der Waals surface area contributed by atoms with Crippen molar-refractivity contribution in [3.05, 3.63) is 64.5 Å². The van der Waals surface area contributed by atoms with Crippen LogP contribution in [0.5, 0.6) is 0 Å². The van der Waals surface area contributed by atoms with Crippen molar-refractivity contribution in [3.63, 3.8) is 0 Å². The van der Waals surface area contributed by atoms with E-state index in [1.807, 2.05) is 25.7 Å². The number of hydrogen-bond donors (Lipinski definition) is 1. The Morgan fingerprint density at radius 3 is 2.50 bits per heavy atom.